The fourth-order valence-electron chi connectivity index (χ4n) is 2.67. The van der Waals surface area contributed by atoms with Gasteiger partial charge >= 0.3 is 6.09 Å². The molecule has 1 unspecified atom stereocenters. The number of rotatable bonds is 5. The number of ether oxygens (including phenoxy) is 1. The number of nitrogens with one attached hydrogen (secondary N) is 1. The van der Waals surface area contributed by atoms with Crippen LogP contribution in [0.5, 0.6) is 0 Å². The van der Waals surface area contributed by atoms with Crippen molar-refractivity contribution < 1.29 is 9.53 Å². The SMILES string of the molecule is CSC(C)CNCc1cccc2c1N(C(=O)OC(C)(C)C)CC2. The second-order valence-electron chi connectivity index (χ2n) is 6.98. The number of fused-ring (bicyclic) bond motifs is 1. The summed E-state index contributed by atoms with van der Waals surface area (Å²) in [7, 11) is 0. The maximum Gasteiger partial charge on any atom is 0.414 e. The topological polar surface area (TPSA) is 41.6 Å². The van der Waals surface area contributed by atoms with E-state index in [0.717, 1.165) is 25.2 Å². The Morgan fingerprint density at radius 3 is 2.83 bits per heavy atom. The van der Waals surface area contributed by atoms with Crippen LogP contribution in [0, 0.1) is 0 Å². The molecule has 4 nitrogen and oxygen atoms in total. The molecule has 1 heterocycles. The predicted octanol–water partition coefficient (Wildman–Crippen LogP) is 3.83. The van der Waals surface area contributed by atoms with Crippen LogP contribution in [0.1, 0.15) is 38.8 Å². The summed E-state index contributed by atoms with van der Waals surface area (Å²) in [6.07, 6.45) is 2.77. The summed E-state index contributed by atoms with van der Waals surface area (Å²) >= 11 is 1.85. The van der Waals surface area contributed by atoms with Crippen molar-refractivity contribution in [2.45, 2.75) is 51.5 Å². The number of nitrogens with zero attached hydrogens (tertiary/aromatic N) is 1. The lowest BCUT2D eigenvalue weighted by atomic mass is 10.1. The number of carbonyl (C=O) groups is 1. The van der Waals surface area contributed by atoms with E-state index >= 15 is 0 Å². The number of thioether (sulfide) groups is 1. The van der Waals surface area contributed by atoms with Gasteiger partial charge < -0.3 is 10.1 Å². The van der Waals surface area contributed by atoms with Gasteiger partial charge in [-0.3, -0.25) is 4.90 Å². The first-order valence-corrected chi connectivity index (χ1v) is 9.45. The number of benzene rings is 1. The van der Waals surface area contributed by atoms with E-state index in [-0.39, 0.29) is 6.09 Å². The Morgan fingerprint density at radius 1 is 1.43 bits per heavy atom. The highest BCUT2D eigenvalue weighted by Gasteiger charge is 2.30. The number of hydrogen-bond donors (Lipinski definition) is 1. The van der Waals surface area contributed by atoms with Crippen LogP contribution in [0.4, 0.5) is 10.5 Å². The fourth-order valence-corrected chi connectivity index (χ4v) is 2.96. The molecule has 0 saturated heterocycles. The summed E-state index contributed by atoms with van der Waals surface area (Å²) in [5, 5.41) is 4.07. The smallest absolute Gasteiger partial charge is 0.414 e. The first-order valence-electron chi connectivity index (χ1n) is 8.16. The fraction of sp³-hybridized carbons (Fsp3) is 0.611. The molecule has 1 aromatic rings. The third kappa shape index (κ3) is 4.88. The molecule has 2 rings (SSSR count). The molecule has 0 radical (unpaired) electrons. The molecule has 1 atom stereocenters. The molecule has 0 bridgehead atoms. The maximum absolute atomic E-state index is 12.5. The molecular formula is C18H28N2O2S. The molecule has 1 aliphatic heterocycles. The van der Waals surface area contributed by atoms with Crippen molar-refractivity contribution in [2.24, 2.45) is 0 Å². The second-order valence-corrected chi connectivity index (χ2v) is 8.26. The Hall–Kier alpha value is -1.20. The number of hydrogen-bond acceptors (Lipinski definition) is 4. The Balaban J connectivity index is 2.12. The zero-order valence-corrected chi connectivity index (χ0v) is 15.6. The Kier molecular flexibility index (Phi) is 5.98. The molecule has 0 spiro atoms. The van der Waals surface area contributed by atoms with Crippen molar-refractivity contribution in [3.63, 3.8) is 0 Å². The van der Waals surface area contributed by atoms with Gasteiger partial charge in [-0.05, 0) is 44.6 Å². The lowest BCUT2D eigenvalue weighted by Crippen LogP contribution is -2.36. The molecule has 0 aromatic heterocycles. The minimum atomic E-state index is -0.471. The highest BCUT2D eigenvalue weighted by Crippen LogP contribution is 2.33. The van der Waals surface area contributed by atoms with Gasteiger partial charge in [0, 0.05) is 24.9 Å². The van der Waals surface area contributed by atoms with Crippen LogP contribution in [0.25, 0.3) is 0 Å². The van der Waals surface area contributed by atoms with Crippen molar-refractivity contribution >= 4 is 23.5 Å². The number of para-hydroxylation sites is 1. The van der Waals surface area contributed by atoms with Crippen molar-refractivity contribution in [3.05, 3.63) is 29.3 Å². The summed E-state index contributed by atoms with van der Waals surface area (Å²) in [5.41, 5.74) is 2.96. The normalized spacial score (nSPS) is 15.4. The van der Waals surface area contributed by atoms with Gasteiger partial charge in [0.25, 0.3) is 0 Å². The Morgan fingerprint density at radius 2 is 2.17 bits per heavy atom. The first-order chi connectivity index (χ1) is 10.8. The van der Waals surface area contributed by atoms with Crippen LogP contribution >= 0.6 is 11.8 Å². The van der Waals surface area contributed by atoms with Crippen LogP contribution in [0.15, 0.2) is 18.2 Å². The maximum atomic E-state index is 12.5. The lowest BCUT2D eigenvalue weighted by molar-refractivity contribution is 0.0583. The summed E-state index contributed by atoms with van der Waals surface area (Å²) < 4.78 is 5.56. The molecule has 5 heteroatoms. The molecular weight excluding hydrogens is 308 g/mol. The average Bonchev–Trinajstić information content (AvgIpc) is 2.90. The van der Waals surface area contributed by atoms with Crippen LogP contribution in [0.3, 0.4) is 0 Å². The lowest BCUT2D eigenvalue weighted by Gasteiger charge is -2.26. The van der Waals surface area contributed by atoms with Crippen LogP contribution in [0.2, 0.25) is 0 Å². The summed E-state index contributed by atoms with van der Waals surface area (Å²) in [5.74, 6) is 0. The average molecular weight is 337 g/mol. The minimum absolute atomic E-state index is 0.249. The highest BCUT2D eigenvalue weighted by molar-refractivity contribution is 7.99. The monoisotopic (exact) mass is 336 g/mol. The van der Waals surface area contributed by atoms with Gasteiger partial charge in [0.2, 0.25) is 0 Å². The highest BCUT2D eigenvalue weighted by atomic mass is 32.2. The number of anilines is 1. The third-order valence-corrected chi connectivity index (χ3v) is 4.81. The van der Waals surface area contributed by atoms with Crippen molar-refractivity contribution in [1.82, 2.24) is 5.32 Å². The molecule has 1 aromatic carbocycles. The first kappa shape index (κ1) is 18.1. The van der Waals surface area contributed by atoms with Gasteiger partial charge in [-0.2, -0.15) is 11.8 Å². The summed E-state index contributed by atoms with van der Waals surface area (Å²) in [6, 6.07) is 6.28. The van der Waals surface area contributed by atoms with E-state index in [1.165, 1.54) is 11.1 Å². The van der Waals surface area contributed by atoms with E-state index in [0.29, 0.717) is 11.8 Å². The number of amides is 1. The third-order valence-electron chi connectivity index (χ3n) is 3.84. The van der Waals surface area contributed by atoms with Crippen LogP contribution in [-0.2, 0) is 17.7 Å². The molecule has 23 heavy (non-hydrogen) atoms. The predicted molar refractivity (Wildman–Crippen MR) is 98.4 cm³/mol. The van der Waals surface area contributed by atoms with Crippen LogP contribution in [-0.4, -0.2) is 36.3 Å². The van der Waals surface area contributed by atoms with Crippen LogP contribution < -0.4 is 10.2 Å². The molecule has 1 aliphatic rings. The van der Waals surface area contributed by atoms with Gasteiger partial charge in [0.05, 0.1) is 5.69 Å². The standard InChI is InChI=1S/C18H28N2O2S/c1-13(23-5)11-19-12-15-8-6-7-14-9-10-20(16(14)15)17(21)22-18(2,3)4/h6-8,13,19H,9-12H2,1-5H3. The molecule has 1 amide bonds. The number of carbonyl (C=O) groups excluding carboxylic acids is 1. The molecule has 0 saturated carbocycles. The van der Waals surface area contributed by atoms with E-state index in [2.05, 4.69) is 36.7 Å². The zero-order valence-electron chi connectivity index (χ0n) is 14.8. The summed E-state index contributed by atoms with van der Waals surface area (Å²) in [4.78, 5) is 14.3. The van der Waals surface area contributed by atoms with Crippen molar-refractivity contribution in [3.8, 4) is 0 Å². The molecule has 128 valence electrons. The van der Waals surface area contributed by atoms with Gasteiger partial charge in [-0.15, -0.1) is 0 Å². The Bertz CT molecular complexity index is 554. The van der Waals surface area contributed by atoms with Gasteiger partial charge in [0.1, 0.15) is 5.60 Å². The van der Waals surface area contributed by atoms with E-state index in [1.807, 2.05) is 32.5 Å². The zero-order chi connectivity index (χ0) is 17.0. The largest absolute Gasteiger partial charge is 0.443 e. The van der Waals surface area contributed by atoms with E-state index < -0.39 is 5.60 Å². The summed E-state index contributed by atoms with van der Waals surface area (Å²) in [6.45, 7) is 10.3. The van der Waals surface area contributed by atoms with Gasteiger partial charge in [-0.1, -0.05) is 25.1 Å². The second kappa shape index (κ2) is 7.58. The van der Waals surface area contributed by atoms with E-state index in [4.69, 9.17) is 4.74 Å². The van der Waals surface area contributed by atoms with Crippen molar-refractivity contribution in [1.29, 1.82) is 0 Å². The minimum Gasteiger partial charge on any atom is -0.443 e. The molecule has 0 aliphatic carbocycles. The van der Waals surface area contributed by atoms with Gasteiger partial charge in [-0.25, -0.2) is 4.79 Å². The molecule has 1 N–H and O–H groups in total. The van der Waals surface area contributed by atoms with E-state index in [1.54, 1.807) is 4.90 Å². The quantitative estimate of drug-likeness (QED) is 0.887. The molecule has 0 fully saturated rings. The van der Waals surface area contributed by atoms with Crippen molar-refractivity contribution in [2.75, 3.05) is 24.2 Å². The van der Waals surface area contributed by atoms with E-state index in [9.17, 15) is 4.79 Å². The van der Waals surface area contributed by atoms with Gasteiger partial charge in [0.15, 0.2) is 0 Å². The Labute approximate surface area is 144 Å².